The number of aliphatic hydroxyl groups is 1. The van der Waals surface area contributed by atoms with Gasteiger partial charge in [-0.15, -0.1) is 11.3 Å². The topological polar surface area (TPSA) is 39.2 Å². The first-order valence-corrected chi connectivity index (χ1v) is 12.6. The fraction of sp³-hybridized carbons (Fsp3) is 0.600. The molecule has 0 amide bonds. The lowest BCUT2D eigenvalue weighted by molar-refractivity contribution is 0.0504. The van der Waals surface area contributed by atoms with E-state index in [2.05, 4.69) is 45.0 Å². The summed E-state index contributed by atoms with van der Waals surface area (Å²) in [5, 5.41) is 9.65. The Kier molecular flexibility index (Phi) is 8.39. The Labute approximate surface area is 191 Å². The second-order valence-electron chi connectivity index (χ2n) is 8.93. The highest BCUT2D eigenvalue weighted by atomic mass is 32.1. The highest BCUT2D eigenvalue weighted by Gasteiger charge is 2.27. The van der Waals surface area contributed by atoms with Gasteiger partial charge in [0.2, 0.25) is 0 Å². The van der Waals surface area contributed by atoms with Gasteiger partial charge in [0.25, 0.3) is 0 Å². The van der Waals surface area contributed by atoms with Crippen LogP contribution in [0.4, 0.5) is 0 Å². The van der Waals surface area contributed by atoms with Crippen molar-refractivity contribution in [2.45, 2.75) is 51.4 Å². The lowest BCUT2D eigenvalue weighted by Crippen LogP contribution is -2.52. The van der Waals surface area contributed by atoms with Gasteiger partial charge in [0, 0.05) is 61.7 Å². The largest absolute Gasteiger partial charge is 0.497 e. The zero-order chi connectivity index (χ0) is 21.5. The molecular formula is C25H37N3O2S. The number of hydrogen-bond acceptors (Lipinski definition) is 6. The van der Waals surface area contributed by atoms with Crippen molar-refractivity contribution < 1.29 is 9.84 Å². The maximum Gasteiger partial charge on any atom is 0.119 e. The van der Waals surface area contributed by atoms with Crippen LogP contribution in [0.25, 0.3) is 0 Å². The first kappa shape index (κ1) is 22.7. The monoisotopic (exact) mass is 443 g/mol. The van der Waals surface area contributed by atoms with Gasteiger partial charge in [-0.05, 0) is 62.2 Å². The van der Waals surface area contributed by atoms with E-state index in [4.69, 9.17) is 4.74 Å². The molecule has 170 valence electrons. The average molecular weight is 444 g/mol. The molecule has 4 rings (SSSR count). The van der Waals surface area contributed by atoms with Crippen LogP contribution in [-0.2, 0) is 19.6 Å². The van der Waals surface area contributed by atoms with Crippen LogP contribution < -0.4 is 4.74 Å². The SMILES string of the molecule is COc1cccc(CN2CCN(Cc3ccc(CN4CCCCC4)s3)C[C@@H]2CCO)c1. The van der Waals surface area contributed by atoms with E-state index in [-0.39, 0.29) is 6.61 Å². The van der Waals surface area contributed by atoms with E-state index in [1.54, 1.807) is 7.11 Å². The standard InChI is InChI=1S/C25H37N3O2S/c1-30-23-7-5-6-21(16-23)17-28-14-13-27(18-22(28)10-15-29)20-25-9-8-24(31-25)19-26-11-3-2-4-12-26/h5-9,16,22,29H,2-4,10-15,17-20H2,1H3/t22-/m0/s1. The number of rotatable bonds is 9. The Hall–Kier alpha value is -1.44. The number of piperazine rings is 1. The van der Waals surface area contributed by atoms with Gasteiger partial charge in [0.05, 0.1) is 7.11 Å². The van der Waals surface area contributed by atoms with Crippen molar-refractivity contribution in [3.63, 3.8) is 0 Å². The van der Waals surface area contributed by atoms with Crippen molar-refractivity contribution in [1.82, 2.24) is 14.7 Å². The number of piperidine rings is 1. The van der Waals surface area contributed by atoms with E-state index in [0.717, 1.165) is 51.4 Å². The number of ether oxygens (including phenoxy) is 1. The number of thiophene rings is 1. The Bertz CT molecular complexity index is 806. The quantitative estimate of drug-likeness (QED) is 0.638. The van der Waals surface area contributed by atoms with Crippen LogP contribution in [0.1, 0.15) is 41.0 Å². The number of nitrogens with zero attached hydrogens (tertiary/aromatic N) is 3. The summed E-state index contributed by atoms with van der Waals surface area (Å²) in [5.41, 5.74) is 1.27. The molecule has 0 unspecified atom stereocenters. The third-order valence-electron chi connectivity index (χ3n) is 6.60. The molecule has 31 heavy (non-hydrogen) atoms. The first-order valence-electron chi connectivity index (χ1n) is 11.7. The van der Waals surface area contributed by atoms with Crippen molar-refractivity contribution in [1.29, 1.82) is 0 Å². The summed E-state index contributed by atoms with van der Waals surface area (Å²) in [6.07, 6.45) is 4.92. The normalized spacial score (nSPS) is 21.4. The first-order chi connectivity index (χ1) is 15.2. The van der Waals surface area contributed by atoms with Gasteiger partial charge in [-0.3, -0.25) is 14.7 Å². The van der Waals surface area contributed by atoms with Gasteiger partial charge in [-0.25, -0.2) is 0 Å². The summed E-state index contributed by atoms with van der Waals surface area (Å²) in [7, 11) is 1.72. The Morgan fingerprint density at radius 2 is 1.71 bits per heavy atom. The van der Waals surface area contributed by atoms with Crippen LogP contribution in [-0.4, -0.2) is 72.3 Å². The van der Waals surface area contributed by atoms with E-state index >= 15 is 0 Å². The van der Waals surface area contributed by atoms with E-state index < -0.39 is 0 Å². The summed E-state index contributed by atoms with van der Waals surface area (Å²) < 4.78 is 5.38. The molecule has 2 aliphatic rings. The minimum absolute atomic E-state index is 0.242. The summed E-state index contributed by atoms with van der Waals surface area (Å²) in [6.45, 7) is 8.94. The molecule has 0 spiro atoms. The van der Waals surface area contributed by atoms with Gasteiger partial charge in [0.1, 0.15) is 5.75 Å². The van der Waals surface area contributed by atoms with Crippen LogP contribution >= 0.6 is 11.3 Å². The Balaban J connectivity index is 1.31. The van der Waals surface area contributed by atoms with Gasteiger partial charge in [0.15, 0.2) is 0 Å². The van der Waals surface area contributed by atoms with E-state index in [1.807, 2.05) is 17.4 Å². The number of hydrogen-bond donors (Lipinski definition) is 1. The molecule has 0 aliphatic carbocycles. The van der Waals surface area contributed by atoms with Gasteiger partial charge < -0.3 is 9.84 Å². The molecule has 0 radical (unpaired) electrons. The van der Waals surface area contributed by atoms with Gasteiger partial charge >= 0.3 is 0 Å². The van der Waals surface area contributed by atoms with E-state index in [0.29, 0.717) is 6.04 Å². The summed E-state index contributed by atoms with van der Waals surface area (Å²) in [4.78, 5) is 10.7. The summed E-state index contributed by atoms with van der Waals surface area (Å²) >= 11 is 1.98. The third-order valence-corrected chi connectivity index (χ3v) is 7.65. The fourth-order valence-corrected chi connectivity index (χ4v) is 5.99. The van der Waals surface area contributed by atoms with Crippen molar-refractivity contribution in [3.8, 4) is 5.75 Å². The minimum Gasteiger partial charge on any atom is -0.497 e. The van der Waals surface area contributed by atoms with Crippen molar-refractivity contribution in [2.75, 3.05) is 46.4 Å². The zero-order valence-corrected chi connectivity index (χ0v) is 19.7. The third kappa shape index (κ3) is 6.53. The summed E-state index contributed by atoms with van der Waals surface area (Å²) in [6, 6.07) is 13.4. The molecule has 2 aliphatic heterocycles. The van der Waals surface area contributed by atoms with Crippen LogP contribution in [0.3, 0.4) is 0 Å². The average Bonchev–Trinajstić information content (AvgIpc) is 3.23. The lowest BCUT2D eigenvalue weighted by atomic mass is 10.1. The second-order valence-corrected chi connectivity index (χ2v) is 10.2. The van der Waals surface area contributed by atoms with Crippen LogP contribution in [0.2, 0.25) is 0 Å². The van der Waals surface area contributed by atoms with Crippen LogP contribution in [0.5, 0.6) is 5.75 Å². The van der Waals surface area contributed by atoms with E-state index in [1.165, 1.54) is 47.7 Å². The van der Waals surface area contributed by atoms with Crippen LogP contribution in [0, 0.1) is 0 Å². The number of benzene rings is 1. The van der Waals surface area contributed by atoms with Gasteiger partial charge in [-0.2, -0.15) is 0 Å². The molecule has 5 nitrogen and oxygen atoms in total. The maximum atomic E-state index is 9.65. The van der Waals surface area contributed by atoms with Crippen molar-refractivity contribution >= 4 is 11.3 Å². The molecule has 1 aromatic carbocycles. The van der Waals surface area contributed by atoms with Crippen molar-refractivity contribution in [2.24, 2.45) is 0 Å². The lowest BCUT2D eigenvalue weighted by Gasteiger charge is -2.41. The maximum absolute atomic E-state index is 9.65. The molecule has 0 saturated carbocycles. The highest BCUT2D eigenvalue weighted by Crippen LogP contribution is 2.24. The molecular weight excluding hydrogens is 406 g/mol. The van der Waals surface area contributed by atoms with Crippen molar-refractivity contribution in [3.05, 3.63) is 51.7 Å². The molecule has 3 heterocycles. The minimum atomic E-state index is 0.242. The Morgan fingerprint density at radius 1 is 0.935 bits per heavy atom. The van der Waals surface area contributed by atoms with Gasteiger partial charge in [-0.1, -0.05) is 18.6 Å². The predicted octanol–water partition coefficient (Wildman–Crippen LogP) is 3.81. The molecule has 1 aromatic heterocycles. The molecule has 6 heteroatoms. The molecule has 0 bridgehead atoms. The molecule has 2 saturated heterocycles. The Morgan fingerprint density at radius 3 is 2.45 bits per heavy atom. The van der Waals surface area contributed by atoms with Crippen LogP contribution in [0.15, 0.2) is 36.4 Å². The predicted molar refractivity (Wildman–Crippen MR) is 128 cm³/mol. The zero-order valence-electron chi connectivity index (χ0n) is 18.8. The molecule has 1 atom stereocenters. The molecule has 2 aromatic rings. The number of likely N-dealkylation sites (tertiary alicyclic amines) is 1. The number of aliphatic hydroxyl groups excluding tert-OH is 1. The summed E-state index contributed by atoms with van der Waals surface area (Å²) in [5.74, 6) is 0.910. The number of methoxy groups -OCH3 is 1. The molecule has 1 N–H and O–H groups in total. The molecule has 2 fully saturated rings. The highest BCUT2D eigenvalue weighted by molar-refractivity contribution is 7.11. The second kappa shape index (κ2) is 11.4. The fourth-order valence-electron chi connectivity index (χ4n) is 4.89. The van der Waals surface area contributed by atoms with E-state index in [9.17, 15) is 5.11 Å². The smallest absolute Gasteiger partial charge is 0.119 e.